The van der Waals surface area contributed by atoms with Gasteiger partial charge in [-0.1, -0.05) is 0 Å². The van der Waals surface area contributed by atoms with Crippen molar-refractivity contribution in [2.75, 3.05) is 19.6 Å². The van der Waals surface area contributed by atoms with E-state index in [0.717, 1.165) is 35.7 Å². The van der Waals surface area contributed by atoms with E-state index in [0.29, 0.717) is 13.0 Å². The summed E-state index contributed by atoms with van der Waals surface area (Å²) in [4.78, 5) is 26.9. The van der Waals surface area contributed by atoms with Crippen molar-refractivity contribution in [3.63, 3.8) is 0 Å². The molecule has 2 rings (SSSR count). The van der Waals surface area contributed by atoms with Crippen molar-refractivity contribution < 1.29 is 9.59 Å². The van der Waals surface area contributed by atoms with Gasteiger partial charge in [-0.3, -0.25) is 9.59 Å². The number of hydrogen-bond donors (Lipinski definition) is 1. The molecule has 1 N–H and O–H groups in total. The van der Waals surface area contributed by atoms with E-state index >= 15 is 0 Å². The van der Waals surface area contributed by atoms with Crippen molar-refractivity contribution in [2.45, 2.75) is 26.2 Å². The molecule has 18 heavy (non-hydrogen) atoms. The Morgan fingerprint density at radius 3 is 2.94 bits per heavy atom. The Hall–Kier alpha value is -1.36. The molecule has 1 aliphatic heterocycles. The standard InChI is InChI=1S/C13H18N2O2S/c1-10-5-6-11(18-10)13(17)14-7-3-9-15-8-2-4-12(15)16/h5-6H,2-4,7-9H2,1H3,(H,14,17). The second-order valence-electron chi connectivity index (χ2n) is 4.50. The summed E-state index contributed by atoms with van der Waals surface area (Å²) in [6, 6.07) is 3.79. The minimum atomic E-state index is -0.0131. The third-order valence-electron chi connectivity index (χ3n) is 3.03. The Bertz CT molecular complexity index is 442. The van der Waals surface area contributed by atoms with E-state index in [-0.39, 0.29) is 11.8 Å². The number of amides is 2. The molecule has 2 heterocycles. The summed E-state index contributed by atoms with van der Waals surface area (Å²) in [5, 5.41) is 2.88. The second-order valence-corrected chi connectivity index (χ2v) is 5.79. The lowest BCUT2D eigenvalue weighted by Crippen LogP contribution is -2.30. The van der Waals surface area contributed by atoms with Crippen LogP contribution in [-0.2, 0) is 4.79 Å². The largest absolute Gasteiger partial charge is 0.351 e. The minimum Gasteiger partial charge on any atom is -0.351 e. The average molecular weight is 266 g/mol. The summed E-state index contributed by atoms with van der Waals surface area (Å²) in [5.74, 6) is 0.232. The number of carbonyl (C=O) groups excluding carboxylic acids is 2. The molecule has 0 radical (unpaired) electrons. The van der Waals surface area contributed by atoms with Gasteiger partial charge < -0.3 is 10.2 Å². The van der Waals surface area contributed by atoms with E-state index in [1.54, 1.807) is 0 Å². The van der Waals surface area contributed by atoms with Crippen LogP contribution in [0, 0.1) is 6.92 Å². The Labute approximate surface area is 111 Å². The van der Waals surface area contributed by atoms with E-state index in [2.05, 4.69) is 5.32 Å². The highest BCUT2D eigenvalue weighted by atomic mass is 32.1. The fourth-order valence-corrected chi connectivity index (χ4v) is 2.84. The number of aryl methyl sites for hydroxylation is 1. The smallest absolute Gasteiger partial charge is 0.261 e. The van der Waals surface area contributed by atoms with E-state index < -0.39 is 0 Å². The maximum Gasteiger partial charge on any atom is 0.261 e. The Balaban J connectivity index is 1.66. The average Bonchev–Trinajstić information content (AvgIpc) is 2.94. The van der Waals surface area contributed by atoms with Crippen LogP contribution in [0.25, 0.3) is 0 Å². The molecule has 0 unspecified atom stereocenters. The summed E-state index contributed by atoms with van der Waals surface area (Å²) in [5.41, 5.74) is 0. The third kappa shape index (κ3) is 3.32. The lowest BCUT2D eigenvalue weighted by Gasteiger charge is -2.15. The van der Waals surface area contributed by atoms with Gasteiger partial charge in [-0.25, -0.2) is 0 Å². The number of hydrogen-bond acceptors (Lipinski definition) is 3. The third-order valence-corrected chi connectivity index (χ3v) is 4.03. The molecule has 0 aliphatic carbocycles. The molecule has 1 aromatic rings. The number of nitrogens with one attached hydrogen (secondary N) is 1. The van der Waals surface area contributed by atoms with Crippen molar-refractivity contribution in [1.29, 1.82) is 0 Å². The summed E-state index contributed by atoms with van der Waals surface area (Å²) in [6.07, 6.45) is 2.47. The number of carbonyl (C=O) groups is 2. The summed E-state index contributed by atoms with van der Waals surface area (Å²) in [6.45, 7) is 4.24. The fraction of sp³-hybridized carbons (Fsp3) is 0.538. The van der Waals surface area contributed by atoms with Crippen molar-refractivity contribution in [1.82, 2.24) is 10.2 Å². The molecule has 4 nitrogen and oxygen atoms in total. The monoisotopic (exact) mass is 266 g/mol. The van der Waals surface area contributed by atoms with Gasteiger partial charge in [0.1, 0.15) is 0 Å². The first-order chi connectivity index (χ1) is 8.66. The highest BCUT2D eigenvalue weighted by molar-refractivity contribution is 7.13. The minimum absolute atomic E-state index is 0.0131. The Morgan fingerprint density at radius 1 is 1.50 bits per heavy atom. The van der Waals surface area contributed by atoms with Crippen LogP contribution in [0.3, 0.4) is 0 Å². The van der Waals surface area contributed by atoms with Gasteiger partial charge in [0.15, 0.2) is 0 Å². The molecular formula is C13H18N2O2S. The lowest BCUT2D eigenvalue weighted by molar-refractivity contribution is -0.127. The first kappa shape index (κ1) is 13.1. The van der Waals surface area contributed by atoms with Gasteiger partial charge in [-0.2, -0.15) is 0 Å². The van der Waals surface area contributed by atoms with Crippen LogP contribution in [-0.4, -0.2) is 36.3 Å². The molecule has 0 atom stereocenters. The molecule has 1 saturated heterocycles. The molecule has 1 aromatic heterocycles. The first-order valence-corrected chi connectivity index (χ1v) is 7.11. The van der Waals surface area contributed by atoms with Gasteiger partial charge >= 0.3 is 0 Å². The van der Waals surface area contributed by atoms with E-state index in [4.69, 9.17) is 0 Å². The SMILES string of the molecule is Cc1ccc(C(=O)NCCCN2CCCC2=O)s1. The van der Waals surface area contributed by atoms with E-state index in [9.17, 15) is 9.59 Å². The molecular weight excluding hydrogens is 248 g/mol. The van der Waals surface area contributed by atoms with Crippen LogP contribution in [0.5, 0.6) is 0 Å². The Morgan fingerprint density at radius 2 is 2.33 bits per heavy atom. The second kappa shape index (κ2) is 6.00. The number of rotatable bonds is 5. The molecule has 0 saturated carbocycles. The van der Waals surface area contributed by atoms with Gasteiger partial charge in [0.2, 0.25) is 5.91 Å². The zero-order valence-electron chi connectivity index (χ0n) is 10.6. The van der Waals surface area contributed by atoms with Gasteiger partial charge in [-0.05, 0) is 31.9 Å². The van der Waals surface area contributed by atoms with Gasteiger partial charge in [0.05, 0.1) is 4.88 Å². The van der Waals surface area contributed by atoms with Crippen molar-refractivity contribution in [3.05, 3.63) is 21.9 Å². The van der Waals surface area contributed by atoms with E-state index in [1.807, 2.05) is 24.0 Å². The summed E-state index contributed by atoms with van der Waals surface area (Å²) in [7, 11) is 0. The summed E-state index contributed by atoms with van der Waals surface area (Å²) >= 11 is 1.50. The maximum absolute atomic E-state index is 11.7. The van der Waals surface area contributed by atoms with Crippen molar-refractivity contribution in [2.24, 2.45) is 0 Å². The molecule has 1 aliphatic rings. The Kier molecular flexibility index (Phi) is 4.36. The predicted molar refractivity (Wildman–Crippen MR) is 71.8 cm³/mol. The van der Waals surface area contributed by atoms with Gasteiger partial charge in [-0.15, -0.1) is 11.3 Å². The topological polar surface area (TPSA) is 49.4 Å². The summed E-state index contributed by atoms with van der Waals surface area (Å²) < 4.78 is 0. The highest BCUT2D eigenvalue weighted by Gasteiger charge is 2.19. The molecule has 0 aromatic carbocycles. The van der Waals surface area contributed by atoms with Crippen molar-refractivity contribution >= 4 is 23.2 Å². The first-order valence-electron chi connectivity index (χ1n) is 6.29. The molecule has 5 heteroatoms. The molecule has 1 fully saturated rings. The van der Waals surface area contributed by atoms with Crippen LogP contribution in [0.2, 0.25) is 0 Å². The van der Waals surface area contributed by atoms with Crippen LogP contribution in [0.1, 0.15) is 33.8 Å². The normalized spacial score (nSPS) is 15.2. The predicted octanol–water partition coefficient (Wildman–Crippen LogP) is 1.80. The maximum atomic E-state index is 11.7. The van der Waals surface area contributed by atoms with Crippen LogP contribution >= 0.6 is 11.3 Å². The molecule has 0 spiro atoms. The van der Waals surface area contributed by atoms with Crippen LogP contribution in [0.15, 0.2) is 12.1 Å². The van der Waals surface area contributed by atoms with E-state index in [1.165, 1.54) is 11.3 Å². The molecule has 0 bridgehead atoms. The lowest BCUT2D eigenvalue weighted by atomic mass is 10.3. The fourth-order valence-electron chi connectivity index (χ4n) is 2.06. The van der Waals surface area contributed by atoms with Crippen LogP contribution < -0.4 is 5.32 Å². The zero-order chi connectivity index (χ0) is 13.0. The number of nitrogens with zero attached hydrogens (tertiary/aromatic N) is 1. The number of likely N-dealkylation sites (tertiary alicyclic amines) is 1. The highest BCUT2D eigenvalue weighted by Crippen LogP contribution is 2.14. The number of thiophene rings is 1. The van der Waals surface area contributed by atoms with Gasteiger partial charge in [0, 0.05) is 30.9 Å². The molecule has 2 amide bonds. The van der Waals surface area contributed by atoms with Crippen LogP contribution in [0.4, 0.5) is 0 Å². The van der Waals surface area contributed by atoms with Gasteiger partial charge in [0.25, 0.3) is 5.91 Å². The quantitative estimate of drug-likeness (QED) is 0.826. The molecule has 98 valence electrons. The zero-order valence-corrected chi connectivity index (χ0v) is 11.4. The van der Waals surface area contributed by atoms with Crippen molar-refractivity contribution in [3.8, 4) is 0 Å².